The molecule has 100 valence electrons. The van der Waals surface area contributed by atoms with Crippen molar-refractivity contribution in [2.45, 2.75) is 26.9 Å². The van der Waals surface area contributed by atoms with E-state index in [1.807, 2.05) is 31.3 Å². The van der Waals surface area contributed by atoms with Crippen molar-refractivity contribution < 1.29 is 4.43 Å². The first-order chi connectivity index (χ1) is 9.06. The molecule has 0 spiro atoms. The summed E-state index contributed by atoms with van der Waals surface area (Å²) in [7, 11) is -1.14. The average molecular weight is 273 g/mol. The molecule has 2 rings (SSSR count). The van der Waals surface area contributed by atoms with Crippen LogP contribution in [0.15, 0.2) is 35.7 Å². The third-order valence-corrected chi connectivity index (χ3v) is 3.36. The predicted octanol–water partition coefficient (Wildman–Crippen LogP) is 3.22. The fourth-order valence-corrected chi connectivity index (χ4v) is 2.45. The van der Waals surface area contributed by atoms with Gasteiger partial charge in [-0.3, -0.25) is 0 Å². The zero-order chi connectivity index (χ0) is 13.8. The van der Waals surface area contributed by atoms with Crippen LogP contribution in [0, 0.1) is 6.92 Å². The first kappa shape index (κ1) is 13.5. The van der Waals surface area contributed by atoms with Crippen molar-refractivity contribution in [2.75, 3.05) is 0 Å². The largest absolute Gasteiger partial charge is 0.546 e. The topological polar surface area (TPSA) is 50.3 Å². The average Bonchev–Trinajstić information content (AvgIpc) is 2.85. The van der Waals surface area contributed by atoms with E-state index < -0.39 is 9.04 Å². The Morgan fingerprint density at radius 1 is 1.37 bits per heavy atom. The van der Waals surface area contributed by atoms with E-state index in [4.69, 9.17) is 4.43 Å². The molecule has 0 aliphatic carbocycles. The molecule has 0 radical (unpaired) electrons. The molecule has 0 unspecified atom stereocenters. The molecule has 4 nitrogen and oxygen atoms in total. The number of nitrogens with zero attached hydrogens (tertiary/aromatic N) is 2. The Kier molecular flexibility index (Phi) is 4.16. The van der Waals surface area contributed by atoms with Crippen molar-refractivity contribution in [1.29, 1.82) is 0 Å². The van der Waals surface area contributed by atoms with Crippen molar-refractivity contribution in [1.82, 2.24) is 9.97 Å². The zero-order valence-electron chi connectivity index (χ0n) is 11.8. The number of H-pyrrole nitrogens is 1. The van der Waals surface area contributed by atoms with E-state index in [0.29, 0.717) is 0 Å². The van der Waals surface area contributed by atoms with E-state index in [9.17, 15) is 0 Å². The number of nitrogens with one attached hydrogen (secondary N) is 1. The van der Waals surface area contributed by atoms with Crippen molar-refractivity contribution in [3.05, 3.63) is 42.0 Å². The fourth-order valence-electron chi connectivity index (χ4n) is 1.76. The Labute approximate surface area is 115 Å². The lowest BCUT2D eigenvalue weighted by Gasteiger charge is -2.13. The van der Waals surface area contributed by atoms with Crippen LogP contribution in [0.3, 0.4) is 0 Å². The molecule has 0 amide bonds. The number of rotatable bonds is 4. The van der Waals surface area contributed by atoms with Gasteiger partial charge < -0.3 is 9.41 Å². The van der Waals surface area contributed by atoms with E-state index in [2.05, 4.69) is 35.0 Å². The molecule has 0 saturated carbocycles. The van der Waals surface area contributed by atoms with Gasteiger partial charge in [-0.15, -0.1) is 0 Å². The lowest BCUT2D eigenvalue weighted by Crippen LogP contribution is -2.11. The Balaban J connectivity index is 2.36. The molecular weight excluding hydrogens is 254 g/mol. The maximum atomic E-state index is 5.95. The highest BCUT2D eigenvalue weighted by Crippen LogP contribution is 2.29. The highest BCUT2D eigenvalue weighted by atomic mass is 28.3. The molecular formula is C14H19N3OSi. The van der Waals surface area contributed by atoms with Gasteiger partial charge in [0.25, 0.3) is 0 Å². The molecule has 1 aromatic heterocycles. The summed E-state index contributed by atoms with van der Waals surface area (Å²) in [6.07, 6.45) is 3.49. The van der Waals surface area contributed by atoms with E-state index in [0.717, 1.165) is 22.8 Å². The first-order valence-corrected chi connectivity index (χ1v) is 9.16. The highest BCUT2D eigenvalue weighted by Gasteiger charge is 2.07. The van der Waals surface area contributed by atoms with Gasteiger partial charge >= 0.3 is 0 Å². The number of aliphatic imine (C=N–C) groups is 1. The number of hydrogen-bond acceptors (Lipinski definition) is 3. The smallest absolute Gasteiger partial charge is 0.229 e. The second-order valence-electron chi connectivity index (χ2n) is 4.79. The summed E-state index contributed by atoms with van der Waals surface area (Å²) < 4.78 is 5.95. The number of aryl methyl sites for hydroxylation is 1. The van der Waals surface area contributed by atoms with Crippen LogP contribution in [0.2, 0.25) is 13.1 Å². The van der Waals surface area contributed by atoms with Crippen molar-refractivity contribution in [3.8, 4) is 5.75 Å². The van der Waals surface area contributed by atoms with Crippen molar-refractivity contribution in [3.63, 3.8) is 0 Å². The molecule has 0 bridgehead atoms. The molecule has 1 heterocycles. The second kappa shape index (κ2) is 5.84. The third kappa shape index (κ3) is 3.54. The van der Waals surface area contributed by atoms with Crippen molar-refractivity contribution in [2.24, 2.45) is 4.99 Å². The molecule has 2 aromatic rings. The van der Waals surface area contributed by atoms with Crippen molar-refractivity contribution >= 4 is 20.4 Å². The number of aromatic amines is 1. The van der Waals surface area contributed by atoms with Gasteiger partial charge in [-0.1, -0.05) is 6.07 Å². The van der Waals surface area contributed by atoms with Gasteiger partial charge in [0.15, 0.2) is 0 Å². The first-order valence-electron chi connectivity index (χ1n) is 6.38. The standard InChI is InChI=1S/C14H19N3OSi/c1-10-5-6-12(14(7-10)18-19(3)4)17-11(2)13-8-15-9-16-13/h5-9,19H,1-4H3,(H,15,16). The Morgan fingerprint density at radius 3 is 2.79 bits per heavy atom. The van der Waals surface area contributed by atoms with Crippen LogP contribution in [-0.4, -0.2) is 24.7 Å². The minimum absolute atomic E-state index is 0.855. The van der Waals surface area contributed by atoms with Gasteiger partial charge in [0, 0.05) is 6.20 Å². The summed E-state index contributed by atoms with van der Waals surface area (Å²) >= 11 is 0. The molecule has 1 N–H and O–H groups in total. The van der Waals surface area contributed by atoms with Crippen LogP contribution in [0.4, 0.5) is 5.69 Å². The summed E-state index contributed by atoms with van der Waals surface area (Å²) in [6.45, 7) is 8.31. The van der Waals surface area contributed by atoms with Crippen LogP contribution in [0.25, 0.3) is 0 Å². The number of hydrogen-bond donors (Lipinski definition) is 1. The summed E-state index contributed by atoms with van der Waals surface area (Å²) in [5.74, 6) is 0.872. The lowest BCUT2D eigenvalue weighted by atomic mass is 10.2. The van der Waals surface area contributed by atoms with Gasteiger partial charge in [-0.05, 0) is 44.6 Å². The fraction of sp³-hybridized carbons (Fsp3) is 0.286. The molecule has 0 fully saturated rings. The second-order valence-corrected chi connectivity index (χ2v) is 7.12. The summed E-state index contributed by atoms with van der Waals surface area (Å²) in [4.78, 5) is 11.8. The van der Waals surface area contributed by atoms with Crippen LogP contribution >= 0.6 is 0 Å². The molecule has 19 heavy (non-hydrogen) atoms. The highest BCUT2D eigenvalue weighted by molar-refractivity contribution is 6.49. The van der Waals surface area contributed by atoms with Gasteiger partial charge in [0.2, 0.25) is 9.04 Å². The van der Waals surface area contributed by atoms with E-state index in [1.54, 1.807) is 6.33 Å². The predicted molar refractivity (Wildman–Crippen MR) is 81.1 cm³/mol. The number of aromatic nitrogens is 2. The molecule has 0 aliphatic heterocycles. The molecule has 0 saturated heterocycles. The Morgan fingerprint density at radius 2 is 2.16 bits per heavy atom. The number of benzene rings is 1. The quantitative estimate of drug-likeness (QED) is 0.687. The molecule has 1 aromatic carbocycles. The summed E-state index contributed by atoms with van der Waals surface area (Å²) in [5.41, 5.74) is 3.78. The number of imidazole rings is 1. The zero-order valence-corrected chi connectivity index (χ0v) is 12.9. The van der Waals surface area contributed by atoms with Crippen LogP contribution in [0.5, 0.6) is 5.75 Å². The van der Waals surface area contributed by atoms with Gasteiger partial charge in [0.1, 0.15) is 17.1 Å². The van der Waals surface area contributed by atoms with E-state index >= 15 is 0 Å². The molecule has 0 aliphatic rings. The van der Waals surface area contributed by atoms with Gasteiger partial charge in [-0.25, -0.2) is 9.98 Å². The monoisotopic (exact) mass is 273 g/mol. The normalized spacial score (nSPS) is 11.9. The van der Waals surface area contributed by atoms with Crippen LogP contribution in [-0.2, 0) is 0 Å². The van der Waals surface area contributed by atoms with E-state index in [-0.39, 0.29) is 0 Å². The maximum Gasteiger partial charge on any atom is 0.229 e. The summed E-state index contributed by atoms with van der Waals surface area (Å²) in [5, 5.41) is 0. The Bertz CT molecular complexity index is 576. The van der Waals surface area contributed by atoms with E-state index in [1.165, 1.54) is 5.56 Å². The third-order valence-electron chi connectivity index (χ3n) is 2.64. The summed E-state index contributed by atoms with van der Waals surface area (Å²) in [6, 6.07) is 6.09. The maximum absolute atomic E-state index is 5.95. The van der Waals surface area contributed by atoms with Crippen LogP contribution < -0.4 is 4.43 Å². The van der Waals surface area contributed by atoms with Crippen LogP contribution in [0.1, 0.15) is 18.2 Å². The lowest BCUT2D eigenvalue weighted by molar-refractivity contribution is 0.581. The molecule has 0 atom stereocenters. The minimum Gasteiger partial charge on any atom is -0.546 e. The Hall–Kier alpha value is -1.88. The molecule has 5 heteroatoms. The minimum atomic E-state index is -1.14. The SMILES string of the molecule is CC(=Nc1ccc(C)cc1O[SiH](C)C)c1c[nH]cn1. The van der Waals surface area contributed by atoms with Gasteiger partial charge in [-0.2, -0.15) is 0 Å². The van der Waals surface area contributed by atoms with Gasteiger partial charge in [0.05, 0.1) is 12.0 Å².